The molecular formula is C25H21FN2O2. The summed E-state index contributed by atoms with van der Waals surface area (Å²) in [5.74, 6) is -1.20. The highest BCUT2D eigenvalue weighted by molar-refractivity contribution is 6.46. The van der Waals surface area contributed by atoms with Gasteiger partial charge in [0.25, 0.3) is 11.8 Å². The molecule has 1 heterocycles. The van der Waals surface area contributed by atoms with Crippen LogP contribution in [0.4, 0.5) is 15.8 Å². The standard InChI is InChI=1S/C25H21FN2O2/c1-15-7-9-18(10-8-15)22-23(27-20-13-11-19(26)12-14-20)25(30)28(24(22)29)21-6-4-5-16(2)17(21)3/h4-14,27H,1-3H3. The van der Waals surface area contributed by atoms with E-state index < -0.39 is 5.91 Å². The van der Waals surface area contributed by atoms with E-state index in [9.17, 15) is 14.0 Å². The minimum atomic E-state index is -0.436. The molecule has 4 rings (SSSR count). The minimum Gasteiger partial charge on any atom is -0.350 e. The summed E-state index contributed by atoms with van der Waals surface area (Å²) in [7, 11) is 0. The van der Waals surface area contributed by atoms with Crippen molar-refractivity contribution in [1.29, 1.82) is 0 Å². The lowest BCUT2D eigenvalue weighted by Crippen LogP contribution is -2.33. The van der Waals surface area contributed by atoms with Crippen molar-refractivity contribution in [1.82, 2.24) is 0 Å². The van der Waals surface area contributed by atoms with E-state index in [1.165, 1.54) is 29.2 Å². The van der Waals surface area contributed by atoms with Gasteiger partial charge in [0.1, 0.15) is 11.5 Å². The maximum absolute atomic E-state index is 13.5. The zero-order chi connectivity index (χ0) is 21.4. The second-order valence-electron chi connectivity index (χ2n) is 7.41. The predicted molar refractivity (Wildman–Crippen MR) is 117 cm³/mol. The molecule has 0 spiro atoms. The number of halogens is 1. The van der Waals surface area contributed by atoms with Gasteiger partial charge in [-0.25, -0.2) is 9.29 Å². The first-order valence-electron chi connectivity index (χ1n) is 9.65. The monoisotopic (exact) mass is 400 g/mol. The topological polar surface area (TPSA) is 49.4 Å². The van der Waals surface area contributed by atoms with Gasteiger partial charge in [-0.05, 0) is 67.8 Å². The van der Waals surface area contributed by atoms with E-state index in [-0.39, 0.29) is 17.4 Å². The molecule has 5 heteroatoms. The highest BCUT2D eigenvalue weighted by Gasteiger charge is 2.40. The van der Waals surface area contributed by atoms with Crippen LogP contribution in [0.2, 0.25) is 0 Å². The van der Waals surface area contributed by atoms with E-state index in [1.807, 2.05) is 57.2 Å². The number of hydrogen-bond acceptors (Lipinski definition) is 3. The van der Waals surface area contributed by atoms with Gasteiger partial charge < -0.3 is 5.32 Å². The van der Waals surface area contributed by atoms with Gasteiger partial charge in [0.2, 0.25) is 0 Å². The molecule has 0 saturated carbocycles. The number of nitrogens with zero attached hydrogens (tertiary/aromatic N) is 1. The Balaban J connectivity index is 1.84. The second kappa shape index (κ2) is 7.59. The van der Waals surface area contributed by atoms with Crippen LogP contribution in [0.15, 0.2) is 72.4 Å². The third-order valence-corrected chi connectivity index (χ3v) is 5.35. The van der Waals surface area contributed by atoms with Crippen molar-refractivity contribution >= 4 is 28.8 Å². The minimum absolute atomic E-state index is 0.177. The van der Waals surface area contributed by atoms with Crippen molar-refractivity contribution in [3.05, 3.63) is 100 Å². The van der Waals surface area contributed by atoms with Gasteiger partial charge in [-0.1, -0.05) is 42.0 Å². The summed E-state index contributed by atoms with van der Waals surface area (Å²) in [4.78, 5) is 28.1. The third kappa shape index (κ3) is 3.39. The number of benzene rings is 3. The molecular weight excluding hydrogens is 379 g/mol. The molecule has 0 aliphatic carbocycles. The summed E-state index contributed by atoms with van der Waals surface area (Å²) in [6, 6.07) is 18.7. The second-order valence-corrected chi connectivity index (χ2v) is 7.41. The molecule has 0 unspecified atom stereocenters. The van der Waals surface area contributed by atoms with Crippen LogP contribution in [0, 0.1) is 26.6 Å². The Morgan fingerprint density at radius 1 is 0.800 bits per heavy atom. The number of aryl methyl sites for hydroxylation is 2. The number of amides is 2. The predicted octanol–water partition coefficient (Wildman–Crippen LogP) is 5.15. The highest BCUT2D eigenvalue weighted by atomic mass is 19.1. The summed E-state index contributed by atoms with van der Waals surface area (Å²) < 4.78 is 13.3. The van der Waals surface area contributed by atoms with Crippen LogP contribution in [-0.4, -0.2) is 11.8 Å². The molecule has 4 nitrogen and oxygen atoms in total. The summed E-state index contributed by atoms with van der Waals surface area (Å²) >= 11 is 0. The van der Waals surface area contributed by atoms with E-state index in [0.29, 0.717) is 22.5 Å². The molecule has 3 aromatic carbocycles. The van der Waals surface area contributed by atoms with Gasteiger partial charge >= 0.3 is 0 Å². The maximum Gasteiger partial charge on any atom is 0.282 e. The van der Waals surface area contributed by atoms with Gasteiger partial charge in [0.05, 0.1) is 11.3 Å². The van der Waals surface area contributed by atoms with Gasteiger partial charge in [-0.2, -0.15) is 0 Å². The molecule has 0 bridgehead atoms. The van der Waals surface area contributed by atoms with Crippen molar-refractivity contribution < 1.29 is 14.0 Å². The van der Waals surface area contributed by atoms with Gasteiger partial charge in [0, 0.05) is 5.69 Å². The largest absolute Gasteiger partial charge is 0.350 e. The Morgan fingerprint density at radius 3 is 2.13 bits per heavy atom. The van der Waals surface area contributed by atoms with E-state index in [2.05, 4.69) is 5.32 Å². The fraction of sp³-hybridized carbons (Fsp3) is 0.120. The molecule has 0 radical (unpaired) electrons. The Kier molecular flexibility index (Phi) is 4.96. The Morgan fingerprint density at radius 2 is 1.47 bits per heavy atom. The quantitative estimate of drug-likeness (QED) is 0.617. The van der Waals surface area contributed by atoms with Crippen molar-refractivity contribution in [3.63, 3.8) is 0 Å². The van der Waals surface area contributed by atoms with Crippen LogP contribution in [-0.2, 0) is 9.59 Å². The number of carbonyl (C=O) groups excluding carboxylic acids is 2. The molecule has 0 fully saturated rings. The zero-order valence-corrected chi connectivity index (χ0v) is 17.0. The van der Waals surface area contributed by atoms with Crippen LogP contribution >= 0.6 is 0 Å². The molecule has 30 heavy (non-hydrogen) atoms. The maximum atomic E-state index is 13.5. The summed E-state index contributed by atoms with van der Waals surface area (Å²) in [5.41, 5.74) is 5.12. The molecule has 0 saturated heterocycles. The van der Waals surface area contributed by atoms with E-state index >= 15 is 0 Å². The average molecular weight is 400 g/mol. The Bertz CT molecular complexity index is 1180. The number of rotatable bonds is 4. The molecule has 1 aliphatic heterocycles. The van der Waals surface area contributed by atoms with E-state index in [1.54, 1.807) is 6.07 Å². The van der Waals surface area contributed by atoms with Crippen LogP contribution in [0.25, 0.3) is 5.57 Å². The van der Waals surface area contributed by atoms with Crippen LogP contribution in [0.5, 0.6) is 0 Å². The van der Waals surface area contributed by atoms with Gasteiger partial charge in [-0.3, -0.25) is 9.59 Å². The third-order valence-electron chi connectivity index (χ3n) is 5.35. The van der Waals surface area contributed by atoms with Crippen LogP contribution in [0.3, 0.4) is 0 Å². The smallest absolute Gasteiger partial charge is 0.282 e. The Hall–Kier alpha value is -3.73. The van der Waals surface area contributed by atoms with Crippen LogP contribution in [0.1, 0.15) is 22.3 Å². The molecule has 1 aliphatic rings. The molecule has 2 amide bonds. The molecule has 0 atom stereocenters. The number of nitrogens with one attached hydrogen (secondary N) is 1. The molecule has 150 valence electrons. The average Bonchev–Trinajstić information content (AvgIpc) is 2.96. The normalized spacial score (nSPS) is 13.9. The first-order valence-corrected chi connectivity index (χ1v) is 9.65. The number of imide groups is 1. The lowest BCUT2D eigenvalue weighted by molar-refractivity contribution is -0.120. The fourth-order valence-electron chi connectivity index (χ4n) is 3.51. The van der Waals surface area contributed by atoms with Gasteiger partial charge in [-0.15, -0.1) is 0 Å². The summed E-state index contributed by atoms with van der Waals surface area (Å²) in [6.07, 6.45) is 0. The fourth-order valence-corrected chi connectivity index (χ4v) is 3.51. The van der Waals surface area contributed by atoms with Gasteiger partial charge in [0.15, 0.2) is 0 Å². The van der Waals surface area contributed by atoms with Crippen molar-refractivity contribution in [2.45, 2.75) is 20.8 Å². The van der Waals surface area contributed by atoms with E-state index in [0.717, 1.165) is 16.7 Å². The van der Waals surface area contributed by atoms with E-state index in [4.69, 9.17) is 0 Å². The van der Waals surface area contributed by atoms with Crippen LogP contribution < -0.4 is 10.2 Å². The number of hydrogen-bond donors (Lipinski definition) is 1. The zero-order valence-electron chi connectivity index (χ0n) is 17.0. The number of anilines is 2. The SMILES string of the molecule is Cc1ccc(C2=C(Nc3ccc(F)cc3)C(=O)N(c3cccc(C)c3C)C2=O)cc1. The van der Waals surface area contributed by atoms with Crippen molar-refractivity contribution in [2.75, 3.05) is 10.2 Å². The van der Waals surface area contributed by atoms with Crippen molar-refractivity contribution in [2.24, 2.45) is 0 Å². The lowest BCUT2D eigenvalue weighted by atomic mass is 10.0. The molecule has 1 N–H and O–H groups in total. The molecule has 0 aromatic heterocycles. The first-order chi connectivity index (χ1) is 14.4. The summed E-state index contributed by atoms with van der Waals surface area (Å²) in [5, 5.41) is 3.05. The summed E-state index contributed by atoms with van der Waals surface area (Å²) in [6.45, 7) is 5.79. The van der Waals surface area contributed by atoms with Crippen molar-refractivity contribution in [3.8, 4) is 0 Å². The number of carbonyl (C=O) groups is 2. The first kappa shape index (κ1) is 19.6. The molecule has 3 aromatic rings. The highest BCUT2D eigenvalue weighted by Crippen LogP contribution is 2.35. The Labute approximate surface area is 174 Å². The lowest BCUT2D eigenvalue weighted by Gasteiger charge is -2.19.